The molecule has 4 nitrogen and oxygen atoms in total. The van der Waals surface area contributed by atoms with Gasteiger partial charge in [0.25, 0.3) is 0 Å². The first-order valence-electron chi connectivity index (χ1n) is 8.27. The van der Waals surface area contributed by atoms with Crippen LogP contribution in [-0.2, 0) is 4.79 Å². The summed E-state index contributed by atoms with van der Waals surface area (Å²) in [6, 6.07) is 5.80. The molecule has 2 aliphatic rings. The number of amides is 1. The third kappa shape index (κ3) is 2.98. The Hall–Kier alpha value is -1.55. The van der Waals surface area contributed by atoms with Crippen LogP contribution in [0, 0.1) is 0 Å². The number of fused-ring (bicyclic) bond motifs is 1. The maximum absolute atomic E-state index is 11.6. The van der Waals surface area contributed by atoms with Gasteiger partial charge in [0.15, 0.2) is 0 Å². The van der Waals surface area contributed by atoms with Gasteiger partial charge in [-0.05, 0) is 50.3 Å². The molecule has 1 heterocycles. The van der Waals surface area contributed by atoms with E-state index >= 15 is 0 Å². The summed E-state index contributed by atoms with van der Waals surface area (Å²) >= 11 is 0. The zero-order valence-corrected chi connectivity index (χ0v) is 13.4. The zero-order chi connectivity index (χ0) is 15.7. The number of ether oxygens (including phenoxy) is 1. The van der Waals surface area contributed by atoms with Gasteiger partial charge in [-0.2, -0.15) is 0 Å². The Bertz CT molecular complexity index is 561. The molecule has 1 aromatic rings. The predicted molar refractivity (Wildman–Crippen MR) is 84.7 cm³/mol. The molecule has 2 N–H and O–H groups in total. The molecule has 1 aromatic carbocycles. The smallest absolute Gasteiger partial charge is 0.217 e. The van der Waals surface area contributed by atoms with Crippen LogP contribution >= 0.6 is 0 Å². The van der Waals surface area contributed by atoms with E-state index < -0.39 is 6.10 Å². The molecular formula is C18H25NO3. The fraction of sp³-hybridized carbons (Fsp3) is 0.611. The summed E-state index contributed by atoms with van der Waals surface area (Å²) in [4.78, 5) is 11.6. The quantitative estimate of drug-likeness (QED) is 0.880. The van der Waals surface area contributed by atoms with Crippen LogP contribution in [0.1, 0.15) is 75.6 Å². The molecule has 2 unspecified atom stereocenters. The minimum absolute atomic E-state index is 0.0220. The van der Waals surface area contributed by atoms with Crippen molar-refractivity contribution in [2.75, 3.05) is 0 Å². The highest BCUT2D eigenvalue weighted by Gasteiger charge is 2.42. The van der Waals surface area contributed by atoms with Gasteiger partial charge in [-0.15, -0.1) is 0 Å². The Morgan fingerprint density at radius 1 is 1.36 bits per heavy atom. The van der Waals surface area contributed by atoms with Crippen molar-refractivity contribution in [3.8, 4) is 5.75 Å². The molecule has 1 aliphatic carbocycles. The molecule has 22 heavy (non-hydrogen) atoms. The second-order valence-corrected chi connectivity index (χ2v) is 6.78. The number of carbonyl (C=O) groups excluding carboxylic acids is 1. The number of nitrogens with one attached hydrogen (secondary N) is 1. The summed E-state index contributed by atoms with van der Waals surface area (Å²) in [5.74, 6) is 0.836. The van der Waals surface area contributed by atoms with Crippen molar-refractivity contribution >= 4 is 5.91 Å². The number of carbonyl (C=O) groups is 1. The van der Waals surface area contributed by atoms with Crippen molar-refractivity contribution < 1.29 is 14.6 Å². The van der Waals surface area contributed by atoms with Crippen LogP contribution in [0.25, 0.3) is 0 Å². The van der Waals surface area contributed by atoms with Crippen LogP contribution < -0.4 is 10.1 Å². The molecule has 1 saturated carbocycles. The molecule has 0 saturated heterocycles. The minimum atomic E-state index is -0.520. The van der Waals surface area contributed by atoms with E-state index in [2.05, 4.69) is 5.32 Å². The van der Waals surface area contributed by atoms with Crippen molar-refractivity contribution in [3.05, 3.63) is 29.3 Å². The summed E-state index contributed by atoms with van der Waals surface area (Å²) in [7, 11) is 0. The fourth-order valence-electron chi connectivity index (χ4n) is 3.83. The van der Waals surface area contributed by atoms with Gasteiger partial charge in [-0.1, -0.05) is 12.5 Å². The van der Waals surface area contributed by atoms with Crippen LogP contribution in [0.3, 0.4) is 0 Å². The second kappa shape index (κ2) is 5.92. The van der Waals surface area contributed by atoms with E-state index in [4.69, 9.17) is 4.74 Å². The van der Waals surface area contributed by atoms with Crippen molar-refractivity contribution in [3.63, 3.8) is 0 Å². The molecule has 0 bridgehead atoms. The number of benzene rings is 1. The number of hydrogen-bond donors (Lipinski definition) is 2. The highest BCUT2D eigenvalue weighted by molar-refractivity contribution is 5.73. The molecule has 1 spiro atoms. The maximum atomic E-state index is 11.6. The summed E-state index contributed by atoms with van der Waals surface area (Å²) in [5, 5.41) is 12.9. The van der Waals surface area contributed by atoms with Crippen LogP contribution in [0.2, 0.25) is 0 Å². The van der Waals surface area contributed by atoms with Gasteiger partial charge in [0.1, 0.15) is 11.4 Å². The van der Waals surface area contributed by atoms with Crippen molar-refractivity contribution in [1.82, 2.24) is 5.32 Å². The van der Waals surface area contributed by atoms with E-state index in [1.165, 1.54) is 19.3 Å². The summed E-state index contributed by atoms with van der Waals surface area (Å²) < 4.78 is 6.37. The van der Waals surface area contributed by atoms with Gasteiger partial charge in [-0.3, -0.25) is 4.79 Å². The normalized spacial score (nSPS) is 24.2. The Labute approximate surface area is 131 Å². The Morgan fingerprint density at radius 3 is 2.73 bits per heavy atom. The highest BCUT2D eigenvalue weighted by atomic mass is 16.5. The molecule has 1 amide bonds. The molecule has 0 radical (unpaired) electrons. The van der Waals surface area contributed by atoms with E-state index in [9.17, 15) is 9.90 Å². The molecule has 3 rings (SSSR count). The molecule has 1 fully saturated rings. The Balaban J connectivity index is 1.97. The third-order valence-electron chi connectivity index (χ3n) is 4.94. The van der Waals surface area contributed by atoms with Crippen LogP contribution in [0.15, 0.2) is 18.2 Å². The van der Waals surface area contributed by atoms with Gasteiger partial charge in [-0.25, -0.2) is 0 Å². The molecular weight excluding hydrogens is 278 g/mol. The molecule has 0 aromatic heterocycles. The summed E-state index contributed by atoms with van der Waals surface area (Å²) in [6.07, 6.45) is 6.06. The Kier molecular flexibility index (Phi) is 4.13. The average molecular weight is 303 g/mol. The predicted octanol–water partition coefficient (Wildman–Crippen LogP) is 3.40. The highest BCUT2D eigenvalue weighted by Crippen LogP contribution is 2.46. The maximum Gasteiger partial charge on any atom is 0.217 e. The van der Waals surface area contributed by atoms with Gasteiger partial charge in [0.05, 0.1) is 12.1 Å². The van der Waals surface area contributed by atoms with Gasteiger partial charge in [0, 0.05) is 18.9 Å². The third-order valence-corrected chi connectivity index (χ3v) is 4.94. The first kappa shape index (κ1) is 15.3. The van der Waals surface area contributed by atoms with Crippen LogP contribution in [0.5, 0.6) is 5.75 Å². The zero-order valence-electron chi connectivity index (χ0n) is 13.4. The van der Waals surface area contributed by atoms with E-state index in [0.29, 0.717) is 0 Å². The largest absolute Gasteiger partial charge is 0.487 e. The SMILES string of the molecule is CC(=O)NC1CC2(CCCCC2)Oc2ccc(C(C)O)cc21. The number of aliphatic hydroxyl groups excluding tert-OH is 1. The first-order valence-corrected chi connectivity index (χ1v) is 8.27. The average Bonchev–Trinajstić information content (AvgIpc) is 2.47. The molecule has 1 aliphatic heterocycles. The monoisotopic (exact) mass is 303 g/mol. The lowest BCUT2D eigenvalue weighted by molar-refractivity contribution is -0.120. The van der Waals surface area contributed by atoms with Crippen molar-refractivity contribution in [1.29, 1.82) is 0 Å². The second-order valence-electron chi connectivity index (χ2n) is 6.78. The minimum Gasteiger partial charge on any atom is -0.487 e. The van der Waals surface area contributed by atoms with Gasteiger partial charge in [0.2, 0.25) is 5.91 Å². The van der Waals surface area contributed by atoms with Crippen molar-refractivity contribution in [2.24, 2.45) is 0 Å². The fourth-order valence-corrected chi connectivity index (χ4v) is 3.83. The molecule has 2 atom stereocenters. The van der Waals surface area contributed by atoms with Crippen LogP contribution in [-0.4, -0.2) is 16.6 Å². The topological polar surface area (TPSA) is 58.6 Å². The number of aliphatic hydroxyl groups is 1. The number of rotatable bonds is 2. The van der Waals surface area contributed by atoms with Crippen molar-refractivity contribution in [2.45, 2.75) is 70.1 Å². The Morgan fingerprint density at radius 2 is 2.09 bits per heavy atom. The van der Waals surface area contributed by atoms with Gasteiger partial charge < -0.3 is 15.2 Å². The van der Waals surface area contributed by atoms with Crippen LogP contribution in [0.4, 0.5) is 0 Å². The standard InChI is InChI=1S/C18H25NO3/c1-12(20)14-6-7-17-15(10-14)16(19-13(2)21)11-18(22-17)8-4-3-5-9-18/h6-7,10,12,16,20H,3-5,8-9,11H2,1-2H3,(H,19,21). The van der Waals surface area contributed by atoms with Gasteiger partial charge >= 0.3 is 0 Å². The molecule has 120 valence electrons. The lowest BCUT2D eigenvalue weighted by Gasteiger charge is -2.44. The first-order chi connectivity index (χ1) is 10.5. The number of hydrogen-bond acceptors (Lipinski definition) is 3. The summed E-state index contributed by atoms with van der Waals surface area (Å²) in [6.45, 7) is 3.31. The van der Waals surface area contributed by atoms with E-state index in [1.54, 1.807) is 13.8 Å². The van der Waals surface area contributed by atoms with E-state index in [0.717, 1.165) is 36.1 Å². The lowest BCUT2D eigenvalue weighted by Crippen LogP contribution is -2.46. The summed E-state index contributed by atoms with van der Waals surface area (Å²) in [5.41, 5.74) is 1.71. The van der Waals surface area contributed by atoms with E-state index in [-0.39, 0.29) is 17.6 Å². The lowest BCUT2D eigenvalue weighted by atomic mass is 9.76. The molecule has 4 heteroatoms. The van der Waals surface area contributed by atoms with E-state index in [1.807, 2.05) is 18.2 Å².